The molecular weight excluding hydrogens is 370 g/mol. The van der Waals surface area contributed by atoms with Gasteiger partial charge in [0.25, 0.3) is 5.91 Å². The third-order valence-electron chi connectivity index (χ3n) is 3.70. The quantitative estimate of drug-likeness (QED) is 0.645. The van der Waals surface area contributed by atoms with Gasteiger partial charge >= 0.3 is 0 Å². The third kappa shape index (κ3) is 5.49. The smallest absolute Gasteiger partial charge is 0.257 e. The molecule has 1 heterocycles. The van der Waals surface area contributed by atoms with Crippen molar-refractivity contribution < 1.29 is 22.7 Å². The van der Waals surface area contributed by atoms with E-state index in [1.54, 1.807) is 37.6 Å². The number of hydrogen-bond donors (Lipinski definition) is 1. The molecule has 0 fully saturated rings. The zero-order valence-corrected chi connectivity index (χ0v) is 16.3. The molecule has 146 valence electrons. The first-order valence-corrected chi connectivity index (χ1v) is 9.66. The van der Waals surface area contributed by atoms with Crippen molar-refractivity contribution in [3.63, 3.8) is 0 Å². The van der Waals surface area contributed by atoms with Crippen LogP contribution in [0.15, 0.2) is 47.5 Å². The molecule has 0 spiro atoms. The number of carbonyl (C=O) groups is 1. The van der Waals surface area contributed by atoms with Crippen LogP contribution in [0.5, 0.6) is 5.88 Å². The lowest BCUT2D eigenvalue weighted by atomic mass is 10.2. The highest BCUT2D eigenvalue weighted by Crippen LogP contribution is 2.16. The Morgan fingerprint density at radius 1 is 1.15 bits per heavy atom. The highest BCUT2D eigenvalue weighted by molar-refractivity contribution is 7.89. The Balaban J connectivity index is 2.02. The molecule has 1 N–H and O–H groups in total. The molecule has 0 saturated heterocycles. The number of ether oxygens (including phenoxy) is 2. The summed E-state index contributed by atoms with van der Waals surface area (Å²) in [7, 11) is 1.04. The molecule has 1 aromatic carbocycles. The van der Waals surface area contributed by atoms with Crippen molar-refractivity contribution >= 4 is 15.9 Å². The number of carbonyl (C=O) groups excluding carboxylic acids is 1. The maximum Gasteiger partial charge on any atom is 0.257 e. The van der Waals surface area contributed by atoms with Crippen LogP contribution in [-0.2, 0) is 21.3 Å². The van der Waals surface area contributed by atoms with Crippen LogP contribution in [0.1, 0.15) is 15.9 Å². The fourth-order valence-corrected chi connectivity index (χ4v) is 3.07. The summed E-state index contributed by atoms with van der Waals surface area (Å²) >= 11 is 0. The highest BCUT2D eigenvalue weighted by Gasteiger charge is 2.17. The lowest BCUT2D eigenvalue weighted by molar-refractivity contribution is 0.0941. The maximum absolute atomic E-state index is 12.4. The van der Waals surface area contributed by atoms with E-state index in [0.717, 1.165) is 9.87 Å². The first kappa shape index (κ1) is 20.8. The van der Waals surface area contributed by atoms with Gasteiger partial charge in [-0.25, -0.2) is 17.7 Å². The summed E-state index contributed by atoms with van der Waals surface area (Å²) in [5, 5.41) is 2.78. The van der Waals surface area contributed by atoms with Crippen molar-refractivity contribution in [2.75, 3.05) is 34.4 Å². The van der Waals surface area contributed by atoms with Gasteiger partial charge in [0.05, 0.1) is 11.5 Å². The van der Waals surface area contributed by atoms with Gasteiger partial charge in [-0.05, 0) is 29.8 Å². The van der Waals surface area contributed by atoms with Crippen molar-refractivity contribution in [3.8, 4) is 5.88 Å². The van der Waals surface area contributed by atoms with Crippen molar-refractivity contribution in [2.45, 2.75) is 11.4 Å². The molecule has 0 bridgehead atoms. The molecule has 0 unspecified atom stereocenters. The highest BCUT2D eigenvalue weighted by atomic mass is 32.2. The Hall–Kier alpha value is -2.49. The number of nitrogens with one attached hydrogen (secondary N) is 1. The molecule has 1 aromatic heterocycles. The first-order valence-electron chi connectivity index (χ1n) is 8.22. The lowest BCUT2D eigenvalue weighted by Gasteiger charge is -2.12. The molecule has 0 atom stereocenters. The molecule has 0 aliphatic rings. The van der Waals surface area contributed by atoms with Gasteiger partial charge in [0.1, 0.15) is 12.2 Å². The Labute approximate surface area is 159 Å². The van der Waals surface area contributed by atoms with Gasteiger partial charge in [-0.2, -0.15) is 0 Å². The van der Waals surface area contributed by atoms with Crippen LogP contribution >= 0.6 is 0 Å². The number of nitrogens with zero attached hydrogens (tertiary/aromatic N) is 2. The normalized spacial score (nSPS) is 11.4. The van der Waals surface area contributed by atoms with Crippen molar-refractivity contribution in [1.82, 2.24) is 14.6 Å². The predicted molar refractivity (Wildman–Crippen MR) is 100 cm³/mol. The van der Waals surface area contributed by atoms with Crippen LogP contribution < -0.4 is 10.1 Å². The summed E-state index contributed by atoms with van der Waals surface area (Å²) in [6, 6.07) is 9.63. The summed E-state index contributed by atoms with van der Waals surface area (Å²) < 4.78 is 35.7. The number of hydrogen-bond acceptors (Lipinski definition) is 6. The Morgan fingerprint density at radius 3 is 2.48 bits per heavy atom. The predicted octanol–water partition coefficient (Wildman–Crippen LogP) is 1.29. The van der Waals surface area contributed by atoms with E-state index >= 15 is 0 Å². The number of pyridine rings is 1. The van der Waals surface area contributed by atoms with E-state index in [2.05, 4.69) is 10.3 Å². The lowest BCUT2D eigenvalue weighted by Crippen LogP contribution is -2.24. The minimum Gasteiger partial charge on any atom is -0.475 e. The van der Waals surface area contributed by atoms with Crippen molar-refractivity contribution in [3.05, 3.63) is 53.7 Å². The Morgan fingerprint density at radius 2 is 1.85 bits per heavy atom. The molecule has 9 heteroatoms. The average molecular weight is 393 g/mol. The fourth-order valence-electron chi connectivity index (χ4n) is 2.17. The van der Waals surface area contributed by atoms with Crippen molar-refractivity contribution in [2.24, 2.45) is 0 Å². The number of methoxy groups -OCH3 is 1. The number of aromatic nitrogens is 1. The third-order valence-corrected chi connectivity index (χ3v) is 5.53. The van der Waals surface area contributed by atoms with Crippen LogP contribution in [0.4, 0.5) is 0 Å². The maximum atomic E-state index is 12.4. The Bertz CT molecular complexity index is 867. The largest absolute Gasteiger partial charge is 0.475 e. The van der Waals surface area contributed by atoms with Crippen LogP contribution in [0.25, 0.3) is 0 Å². The molecule has 8 nitrogen and oxygen atoms in total. The molecule has 27 heavy (non-hydrogen) atoms. The number of benzene rings is 1. The topological polar surface area (TPSA) is 97.8 Å². The van der Waals surface area contributed by atoms with Gasteiger partial charge in [0, 0.05) is 33.9 Å². The van der Waals surface area contributed by atoms with Crippen molar-refractivity contribution in [1.29, 1.82) is 0 Å². The van der Waals surface area contributed by atoms with Crippen LogP contribution in [0, 0.1) is 0 Å². The molecule has 1 amide bonds. The van der Waals surface area contributed by atoms with E-state index in [-0.39, 0.29) is 29.8 Å². The fraction of sp³-hybridized carbons (Fsp3) is 0.333. The molecule has 0 aliphatic heterocycles. The molecule has 2 rings (SSSR count). The van der Waals surface area contributed by atoms with E-state index in [1.807, 2.05) is 0 Å². The zero-order chi connectivity index (χ0) is 19.9. The van der Waals surface area contributed by atoms with Gasteiger partial charge in [0.2, 0.25) is 15.9 Å². The number of amides is 1. The standard InChI is InChI=1S/C18H23N3O5S/c1-21(2)27(23,24)15-8-6-14(7-9-15)13-20-17(22)16-5-4-10-19-18(16)26-12-11-25-3/h4-10H,11-13H2,1-3H3,(H,20,22). The second kappa shape index (κ2) is 9.45. The van der Waals surface area contributed by atoms with Gasteiger partial charge < -0.3 is 14.8 Å². The minimum atomic E-state index is -3.47. The molecule has 0 radical (unpaired) electrons. The van der Waals surface area contributed by atoms with E-state index < -0.39 is 10.0 Å². The number of rotatable bonds is 9. The average Bonchev–Trinajstić information content (AvgIpc) is 2.67. The van der Waals surface area contributed by atoms with Gasteiger partial charge in [-0.1, -0.05) is 12.1 Å². The van der Waals surface area contributed by atoms with E-state index in [9.17, 15) is 13.2 Å². The molecule has 0 saturated carbocycles. The summed E-state index contributed by atoms with van der Waals surface area (Å²) in [6.45, 7) is 0.920. The molecular formula is C18H23N3O5S. The monoisotopic (exact) mass is 393 g/mol. The zero-order valence-electron chi connectivity index (χ0n) is 15.5. The second-order valence-corrected chi connectivity index (χ2v) is 7.96. The van der Waals surface area contributed by atoms with Gasteiger partial charge in [-0.3, -0.25) is 4.79 Å². The van der Waals surface area contributed by atoms with Gasteiger partial charge in [0.15, 0.2) is 0 Å². The molecule has 2 aromatic rings. The van der Waals surface area contributed by atoms with Crippen LogP contribution in [-0.4, -0.2) is 58.0 Å². The SMILES string of the molecule is COCCOc1ncccc1C(=O)NCc1ccc(S(=O)(=O)N(C)C)cc1. The Kier molecular flexibility index (Phi) is 7.28. The van der Waals surface area contributed by atoms with E-state index in [0.29, 0.717) is 12.2 Å². The molecule has 0 aliphatic carbocycles. The minimum absolute atomic E-state index is 0.198. The van der Waals surface area contributed by atoms with Crippen LogP contribution in [0.3, 0.4) is 0 Å². The second-order valence-electron chi connectivity index (χ2n) is 5.81. The van der Waals surface area contributed by atoms with E-state index in [1.165, 1.54) is 26.2 Å². The summed E-state index contributed by atoms with van der Waals surface area (Å²) in [6.07, 6.45) is 1.54. The first-order chi connectivity index (χ1) is 12.9. The summed E-state index contributed by atoms with van der Waals surface area (Å²) in [4.78, 5) is 16.7. The summed E-state index contributed by atoms with van der Waals surface area (Å²) in [5.74, 6) is -0.0972. The van der Waals surface area contributed by atoms with E-state index in [4.69, 9.17) is 9.47 Å². The summed E-state index contributed by atoms with van der Waals surface area (Å²) in [5.41, 5.74) is 1.09. The number of sulfonamides is 1. The van der Waals surface area contributed by atoms with Gasteiger partial charge in [-0.15, -0.1) is 0 Å². The van der Waals surface area contributed by atoms with Crippen LogP contribution in [0.2, 0.25) is 0 Å².